The molecular weight excluding hydrogens is 364 g/mol. The molecule has 5 heteroatoms. The third-order valence-corrected chi connectivity index (χ3v) is 5.27. The molecule has 1 heterocycles. The van der Waals surface area contributed by atoms with Gasteiger partial charge in [0.05, 0.1) is 17.2 Å². The molecular formula is C24H20N2O3. The highest BCUT2D eigenvalue weighted by Gasteiger charge is 2.34. The van der Waals surface area contributed by atoms with Crippen LogP contribution in [0.4, 0.5) is 0 Å². The fourth-order valence-corrected chi connectivity index (χ4v) is 3.73. The molecule has 0 aliphatic carbocycles. The molecule has 0 bridgehead atoms. The molecule has 144 valence electrons. The molecule has 0 fully saturated rings. The highest BCUT2D eigenvalue weighted by atomic mass is 16.2. The van der Waals surface area contributed by atoms with Crippen LogP contribution in [0.25, 0.3) is 0 Å². The number of imide groups is 1. The number of carbonyl (C=O) groups excluding carboxylic acids is 3. The fraction of sp³-hybridized carbons (Fsp3) is 0.125. The molecule has 0 spiro atoms. The van der Waals surface area contributed by atoms with Crippen molar-refractivity contribution in [1.82, 2.24) is 9.80 Å². The predicted octanol–water partition coefficient (Wildman–Crippen LogP) is 3.77. The molecule has 1 aliphatic rings. The van der Waals surface area contributed by atoms with Crippen LogP contribution in [0.15, 0.2) is 78.9 Å². The zero-order valence-corrected chi connectivity index (χ0v) is 16.2. The molecule has 3 aromatic carbocycles. The van der Waals surface area contributed by atoms with Crippen LogP contribution < -0.4 is 0 Å². The molecule has 0 saturated carbocycles. The van der Waals surface area contributed by atoms with Crippen LogP contribution in [0, 0.1) is 0 Å². The lowest BCUT2D eigenvalue weighted by Crippen LogP contribution is -2.32. The van der Waals surface area contributed by atoms with Crippen molar-refractivity contribution in [1.29, 1.82) is 0 Å². The van der Waals surface area contributed by atoms with Crippen LogP contribution >= 0.6 is 0 Å². The van der Waals surface area contributed by atoms with Gasteiger partial charge in [0.2, 0.25) is 0 Å². The number of hydrogen-bond acceptors (Lipinski definition) is 3. The van der Waals surface area contributed by atoms with Gasteiger partial charge in [-0.25, -0.2) is 0 Å². The van der Waals surface area contributed by atoms with Gasteiger partial charge in [0, 0.05) is 19.7 Å². The van der Waals surface area contributed by atoms with Crippen molar-refractivity contribution >= 4 is 17.7 Å². The SMILES string of the molecule is CN1C(=O)c2ccc(C(=O)N(C)C(c3ccccc3)c3ccccc3)cc2C1=O. The lowest BCUT2D eigenvalue weighted by atomic mass is 9.96. The van der Waals surface area contributed by atoms with Gasteiger partial charge in [-0.05, 0) is 29.3 Å². The second-order valence-corrected chi connectivity index (χ2v) is 7.07. The lowest BCUT2D eigenvalue weighted by molar-refractivity contribution is 0.0692. The van der Waals surface area contributed by atoms with Crippen molar-refractivity contribution in [3.63, 3.8) is 0 Å². The third kappa shape index (κ3) is 3.21. The molecule has 3 amide bonds. The molecule has 0 aromatic heterocycles. The topological polar surface area (TPSA) is 57.7 Å². The summed E-state index contributed by atoms with van der Waals surface area (Å²) in [6.45, 7) is 0. The first-order valence-electron chi connectivity index (χ1n) is 9.32. The Morgan fingerprint density at radius 1 is 0.793 bits per heavy atom. The Morgan fingerprint density at radius 2 is 1.31 bits per heavy atom. The van der Waals surface area contributed by atoms with Crippen LogP contribution in [0.1, 0.15) is 48.2 Å². The summed E-state index contributed by atoms with van der Waals surface area (Å²) in [4.78, 5) is 40.5. The van der Waals surface area contributed by atoms with Crippen LogP contribution in [0.5, 0.6) is 0 Å². The van der Waals surface area contributed by atoms with Crippen molar-refractivity contribution in [2.75, 3.05) is 14.1 Å². The Kier molecular flexibility index (Phi) is 4.72. The first kappa shape index (κ1) is 18.6. The summed E-state index contributed by atoms with van der Waals surface area (Å²) < 4.78 is 0. The van der Waals surface area contributed by atoms with E-state index in [1.54, 1.807) is 24.1 Å². The van der Waals surface area contributed by atoms with E-state index in [9.17, 15) is 14.4 Å². The van der Waals surface area contributed by atoms with Gasteiger partial charge in [-0.1, -0.05) is 60.7 Å². The summed E-state index contributed by atoms with van der Waals surface area (Å²) in [5.41, 5.74) is 2.95. The summed E-state index contributed by atoms with van der Waals surface area (Å²) in [5.74, 6) is -0.950. The van der Waals surface area contributed by atoms with Gasteiger partial charge < -0.3 is 4.90 Å². The Labute approximate surface area is 169 Å². The van der Waals surface area contributed by atoms with E-state index in [0.29, 0.717) is 11.1 Å². The fourth-order valence-electron chi connectivity index (χ4n) is 3.73. The van der Waals surface area contributed by atoms with Crippen molar-refractivity contribution in [3.8, 4) is 0 Å². The van der Waals surface area contributed by atoms with Gasteiger partial charge in [-0.15, -0.1) is 0 Å². The summed E-state index contributed by atoms with van der Waals surface area (Å²) in [5, 5.41) is 0. The third-order valence-electron chi connectivity index (χ3n) is 5.27. The average molecular weight is 384 g/mol. The largest absolute Gasteiger partial charge is 0.331 e. The molecule has 29 heavy (non-hydrogen) atoms. The van der Waals surface area contributed by atoms with Gasteiger partial charge in [0.25, 0.3) is 17.7 Å². The minimum atomic E-state index is -0.384. The number of fused-ring (bicyclic) bond motifs is 1. The summed E-state index contributed by atoms with van der Waals surface area (Å²) >= 11 is 0. The monoisotopic (exact) mass is 384 g/mol. The van der Waals surface area contributed by atoms with Gasteiger partial charge >= 0.3 is 0 Å². The number of nitrogens with zero attached hydrogens (tertiary/aromatic N) is 2. The minimum Gasteiger partial charge on any atom is -0.331 e. The lowest BCUT2D eigenvalue weighted by Gasteiger charge is -2.29. The van der Waals surface area contributed by atoms with Crippen molar-refractivity contribution in [2.24, 2.45) is 0 Å². The standard InChI is InChI=1S/C24H20N2O3/c1-25(21(16-9-5-3-6-10-16)17-11-7-4-8-12-17)22(27)18-13-14-19-20(15-18)24(29)26(2)23(19)28/h3-15,21H,1-2H3. The second kappa shape index (κ2) is 7.36. The predicted molar refractivity (Wildman–Crippen MR) is 110 cm³/mol. The Balaban J connectivity index is 1.73. The van der Waals surface area contributed by atoms with Crippen molar-refractivity contribution in [2.45, 2.75) is 6.04 Å². The van der Waals surface area contributed by atoms with Gasteiger partial charge in [-0.2, -0.15) is 0 Å². The molecule has 4 rings (SSSR count). The molecule has 0 radical (unpaired) electrons. The van der Waals surface area contributed by atoms with Gasteiger partial charge in [0.15, 0.2) is 0 Å². The van der Waals surface area contributed by atoms with E-state index in [-0.39, 0.29) is 29.3 Å². The average Bonchev–Trinajstić information content (AvgIpc) is 2.98. The van der Waals surface area contributed by atoms with E-state index >= 15 is 0 Å². The smallest absolute Gasteiger partial charge is 0.261 e. The number of rotatable bonds is 4. The maximum absolute atomic E-state index is 13.3. The first-order valence-corrected chi connectivity index (χ1v) is 9.32. The number of amides is 3. The van der Waals surface area contributed by atoms with E-state index in [0.717, 1.165) is 16.0 Å². The zero-order chi connectivity index (χ0) is 20.5. The highest BCUT2D eigenvalue weighted by molar-refractivity contribution is 6.21. The van der Waals surface area contributed by atoms with E-state index in [4.69, 9.17) is 0 Å². The molecule has 1 aliphatic heterocycles. The normalized spacial score (nSPS) is 13.0. The molecule has 0 unspecified atom stereocenters. The van der Waals surface area contributed by atoms with Crippen LogP contribution in [-0.2, 0) is 0 Å². The zero-order valence-electron chi connectivity index (χ0n) is 16.2. The van der Waals surface area contributed by atoms with Crippen LogP contribution in [0.2, 0.25) is 0 Å². The summed E-state index contributed by atoms with van der Waals surface area (Å²) in [7, 11) is 3.19. The quantitative estimate of drug-likeness (QED) is 0.644. The maximum Gasteiger partial charge on any atom is 0.261 e. The van der Waals surface area contributed by atoms with Crippen molar-refractivity contribution < 1.29 is 14.4 Å². The minimum absolute atomic E-state index is 0.222. The number of benzene rings is 3. The Hall–Kier alpha value is -3.73. The van der Waals surface area contributed by atoms with E-state index in [2.05, 4.69) is 0 Å². The molecule has 5 nitrogen and oxygen atoms in total. The van der Waals surface area contributed by atoms with E-state index < -0.39 is 0 Å². The highest BCUT2D eigenvalue weighted by Crippen LogP contribution is 2.30. The first-order chi connectivity index (χ1) is 14.0. The molecule has 0 N–H and O–H groups in total. The molecule has 0 atom stereocenters. The van der Waals surface area contributed by atoms with Gasteiger partial charge in [-0.3, -0.25) is 19.3 Å². The van der Waals surface area contributed by atoms with Gasteiger partial charge in [0.1, 0.15) is 0 Å². The maximum atomic E-state index is 13.3. The summed E-state index contributed by atoms with van der Waals surface area (Å²) in [6, 6.07) is 24.0. The van der Waals surface area contributed by atoms with Crippen LogP contribution in [0.3, 0.4) is 0 Å². The number of carbonyl (C=O) groups is 3. The number of hydrogen-bond donors (Lipinski definition) is 0. The Morgan fingerprint density at radius 3 is 1.86 bits per heavy atom. The van der Waals surface area contributed by atoms with Crippen LogP contribution in [-0.4, -0.2) is 41.6 Å². The van der Waals surface area contributed by atoms with Crippen molar-refractivity contribution in [3.05, 3.63) is 107 Å². The Bertz CT molecular complexity index is 1050. The second-order valence-electron chi connectivity index (χ2n) is 7.07. The molecule has 0 saturated heterocycles. The van der Waals surface area contributed by atoms with E-state index in [1.165, 1.54) is 13.1 Å². The van der Waals surface area contributed by atoms with E-state index in [1.807, 2.05) is 60.7 Å². The summed E-state index contributed by atoms with van der Waals surface area (Å²) in [6.07, 6.45) is 0. The molecule has 3 aromatic rings.